The van der Waals surface area contributed by atoms with E-state index in [0.29, 0.717) is 5.70 Å². The van der Waals surface area contributed by atoms with Crippen LogP contribution in [0.5, 0.6) is 0 Å². The van der Waals surface area contributed by atoms with E-state index in [0.717, 1.165) is 26.2 Å². The van der Waals surface area contributed by atoms with Crippen LogP contribution in [0.15, 0.2) is 5.70 Å². The van der Waals surface area contributed by atoms with Gasteiger partial charge in [-0.25, -0.2) is 14.8 Å². The van der Waals surface area contributed by atoms with Gasteiger partial charge in [0.05, 0.1) is 6.04 Å². The van der Waals surface area contributed by atoms with E-state index in [1.807, 2.05) is 5.94 Å². The van der Waals surface area contributed by atoms with Crippen LogP contribution >= 0.6 is 0 Å². The zero-order valence-corrected chi connectivity index (χ0v) is 8.62. The van der Waals surface area contributed by atoms with Gasteiger partial charge in [-0.15, -0.1) is 0 Å². The van der Waals surface area contributed by atoms with E-state index in [1.165, 1.54) is 12.8 Å². The van der Waals surface area contributed by atoms with Crippen LogP contribution in [0.3, 0.4) is 0 Å². The number of hydrazine groups is 1. The number of nitrogens with zero attached hydrogens (tertiary/aromatic N) is 2. The van der Waals surface area contributed by atoms with Gasteiger partial charge in [-0.1, -0.05) is 0 Å². The highest BCUT2D eigenvalue weighted by Crippen LogP contribution is 2.18. The molecule has 2 saturated heterocycles. The van der Waals surface area contributed by atoms with Crippen molar-refractivity contribution in [2.75, 3.05) is 26.2 Å². The first kappa shape index (κ1) is 9.71. The van der Waals surface area contributed by atoms with Crippen molar-refractivity contribution in [3.05, 3.63) is 5.70 Å². The Balaban J connectivity index is 2.06. The number of piperazine rings is 1. The van der Waals surface area contributed by atoms with Crippen LogP contribution in [0.1, 0.15) is 19.8 Å². The molecule has 0 amide bonds. The Morgan fingerprint density at radius 1 is 1.36 bits per heavy atom. The average Bonchev–Trinajstić information content (AvgIpc) is 2.71. The quantitative estimate of drug-likeness (QED) is 0.598. The molecule has 0 aliphatic carbocycles. The molecular formula is C10H17N3O. The van der Waals surface area contributed by atoms with Crippen LogP contribution in [0.4, 0.5) is 0 Å². The fourth-order valence-electron chi connectivity index (χ4n) is 2.26. The van der Waals surface area contributed by atoms with Crippen molar-refractivity contribution >= 4 is 5.94 Å². The van der Waals surface area contributed by atoms with Gasteiger partial charge < -0.3 is 5.32 Å². The van der Waals surface area contributed by atoms with E-state index in [2.05, 4.69) is 22.3 Å². The summed E-state index contributed by atoms with van der Waals surface area (Å²) in [6.45, 7) is 6.18. The second-order valence-electron chi connectivity index (χ2n) is 3.94. The molecule has 0 spiro atoms. The number of rotatable bonds is 1. The molecule has 2 fully saturated rings. The van der Waals surface area contributed by atoms with Crippen LogP contribution < -0.4 is 5.32 Å². The first-order valence-corrected chi connectivity index (χ1v) is 5.33. The molecule has 2 heterocycles. The van der Waals surface area contributed by atoms with Crippen molar-refractivity contribution in [1.82, 2.24) is 15.3 Å². The van der Waals surface area contributed by atoms with E-state index in [9.17, 15) is 4.79 Å². The van der Waals surface area contributed by atoms with Gasteiger partial charge >= 0.3 is 0 Å². The minimum atomic E-state index is 0.166. The van der Waals surface area contributed by atoms with Gasteiger partial charge in [0.25, 0.3) is 0 Å². The van der Waals surface area contributed by atoms with Crippen LogP contribution in [-0.2, 0) is 4.79 Å². The molecule has 4 nitrogen and oxygen atoms in total. The maximum absolute atomic E-state index is 10.7. The molecule has 2 aliphatic heterocycles. The third-order valence-electron chi connectivity index (χ3n) is 3.08. The fraction of sp³-hybridized carbons (Fsp3) is 0.800. The predicted octanol–water partition coefficient (Wildman–Crippen LogP) is 0.00640. The third-order valence-corrected chi connectivity index (χ3v) is 3.08. The minimum absolute atomic E-state index is 0.166. The average molecular weight is 195 g/mol. The molecule has 2 aliphatic rings. The van der Waals surface area contributed by atoms with E-state index in [1.54, 1.807) is 0 Å². The second-order valence-corrected chi connectivity index (χ2v) is 3.94. The second kappa shape index (κ2) is 4.13. The summed E-state index contributed by atoms with van der Waals surface area (Å²) in [6.07, 6.45) is 2.55. The summed E-state index contributed by atoms with van der Waals surface area (Å²) in [7, 11) is 0. The standard InChI is InChI=1S/C10H17N3O/c1-9-10(8-14)11-4-7-13(9)12-5-2-3-6-12/h9,11H,2-7H2,1H3. The van der Waals surface area contributed by atoms with Crippen LogP contribution in [0, 0.1) is 0 Å². The SMILES string of the molecule is CC1C(=C=O)NCCN1N1CCCC1. The normalized spacial score (nSPS) is 30.1. The molecule has 2 rings (SSSR count). The van der Waals surface area contributed by atoms with Crippen molar-refractivity contribution in [3.63, 3.8) is 0 Å². The monoisotopic (exact) mass is 195 g/mol. The Morgan fingerprint density at radius 2 is 2.07 bits per heavy atom. The van der Waals surface area contributed by atoms with Gasteiger partial charge in [0.1, 0.15) is 11.6 Å². The molecule has 0 radical (unpaired) electrons. The summed E-state index contributed by atoms with van der Waals surface area (Å²) in [4.78, 5) is 10.7. The Hall–Kier alpha value is -0.830. The molecule has 1 atom stereocenters. The third kappa shape index (κ3) is 1.69. The van der Waals surface area contributed by atoms with Crippen molar-refractivity contribution in [1.29, 1.82) is 0 Å². The Morgan fingerprint density at radius 3 is 2.71 bits per heavy atom. The Labute approximate surface area is 84.5 Å². The highest BCUT2D eigenvalue weighted by atomic mass is 16.1. The summed E-state index contributed by atoms with van der Waals surface area (Å²) in [5, 5.41) is 7.76. The van der Waals surface area contributed by atoms with Crippen LogP contribution in [-0.4, -0.2) is 48.2 Å². The summed E-state index contributed by atoms with van der Waals surface area (Å²) in [5.41, 5.74) is 0.697. The first-order valence-electron chi connectivity index (χ1n) is 5.33. The molecular weight excluding hydrogens is 178 g/mol. The highest BCUT2D eigenvalue weighted by Gasteiger charge is 2.29. The van der Waals surface area contributed by atoms with Gasteiger partial charge in [-0.3, -0.25) is 0 Å². The Kier molecular flexibility index (Phi) is 2.87. The maximum atomic E-state index is 10.7. The van der Waals surface area contributed by atoms with Crippen molar-refractivity contribution in [3.8, 4) is 0 Å². The molecule has 0 aromatic rings. The molecule has 4 heteroatoms. The molecule has 0 aromatic heterocycles. The lowest BCUT2D eigenvalue weighted by atomic mass is 10.2. The number of carbonyl (C=O) groups excluding carboxylic acids is 1. The number of hydrogen-bond acceptors (Lipinski definition) is 4. The largest absolute Gasteiger partial charge is 0.377 e. The van der Waals surface area contributed by atoms with E-state index in [-0.39, 0.29) is 6.04 Å². The summed E-state index contributed by atoms with van der Waals surface area (Å²) >= 11 is 0. The smallest absolute Gasteiger partial charge is 0.147 e. The van der Waals surface area contributed by atoms with Crippen molar-refractivity contribution in [2.45, 2.75) is 25.8 Å². The minimum Gasteiger partial charge on any atom is -0.377 e. The summed E-state index contributed by atoms with van der Waals surface area (Å²) in [6, 6.07) is 0.166. The zero-order chi connectivity index (χ0) is 9.97. The van der Waals surface area contributed by atoms with Crippen molar-refractivity contribution in [2.24, 2.45) is 0 Å². The lowest BCUT2D eigenvalue weighted by Crippen LogP contribution is -2.55. The van der Waals surface area contributed by atoms with Gasteiger partial charge in [-0.05, 0) is 19.8 Å². The van der Waals surface area contributed by atoms with Gasteiger partial charge in [0.15, 0.2) is 0 Å². The summed E-state index contributed by atoms with van der Waals surface area (Å²) in [5.74, 6) is 1.99. The van der Waals surface area contributed by atoms with E-state index in [4.69, 9.17) is 0 Å². The maximum Gasteiger partial charge on any atom is 0.147 e. The Bertz CT molecular complexity index is 254. The predicted molar refractivity (Wildman–Crippen MR) is 54.2 cm³/mol. The van der Waals surface area contributed by atoms with E-state index >= 15 is 0 Å². The fourth-order valence-corrected chi connectivity index (χ4v) is 2.26. The molecule has 0 aromatic carbocycles. The highest BCUT2D eigenvalue weighted by molar-refractivity contribution is 5.53. The van der Waals surface area contributed by atoms with Crippen molar-refractivity contribution < 1.29 is 4.79 Å². The first-order chi connectivity index (χ1) is 6.83. The van der Waals surface area contributed by atoms with Gasteiger partial charge in [-0.2, -0.15) is 0 Å². The number of nitrogens with one attached hydrogen (secondary N) is 1. The molecule has 0 saturated carbocycles. The molecule has 1 unspecified atom stereocenters. The van der Waals surface area contributed by atoms with Gasteiger partial charge in [0, 0.05) is 26.2 Å². The topological polar surface area (TPSA) is 35.6 Å². The molecule has 1 N–H and O–H groups in total. The van der Waals surface area contributed by atoms with E-state index < -0.39 is 0 Å². The van der Waals surface area contributed by atoms with Gasteiger partial charge in [0.2, 0.25) is 0 Å². The molecule has 78 valence electrons. The molecule has 0 bridgehead atoms. The number of hydrogen-bond donors (Lipinski definition) is 1. The lowest BCUT2D eigenvalue weighted by molar-refractivity contribution is -0.0354. The summed E-state index contributed by atoms with van der Waals surface area (Å²) < 4.78 is 0. The molecule has 14 heavy (non-hydrogen) atoms. The zero-order valence-electron chi connectivity index (χ0n) is 8.62. The lowest BCUT2D eigenvalue weighted by Gasteiger charge is -2.40. The van der Waals surface area contributed by atoms with Crippen LogP contribution in [0.25, 0.3) is 0 Å². The van der Waals surface area contributed by atoms with Crippen LogP contribution in [0.2, 0.25) is 0 Å².